The van der Waals surface area contributed by atoms with Crippen LogP contribution in [-0.4, -0.2) is 16.1 Å². The minimum absolute atomic E-state index is 0.205. The number of hydrogen-bond acceptors (Lipinski definition) is 3. The fourth-order valence-electron chi connectivity index (χ4n) is 3.17. The van der Waals surface area contributed by atoms with Gasteiger partial charge in [-0.25, -0.2) is 0 Å². The zero-order valence-corrected chi connectivity index (χ0v) is 20.3. The van der Waals surface area contributed by atoms with E-state index in [1.807, 2.05) is 97.1 Å². The standard InChI is InChI=1S/C27H23N5OS2/c33-25(19-11-13-23(14-12-19)31-26(34)29-20-7-3-1-4-8-20)28-22-15-17-24(18-16-22)32-27(35)30-21-9-5-2-6-10-21/h1-18H,(H,28,33)(H2,29,31,34)(H2,30,32,35). The molecule has 0 atom stereocenters. The molecule has 1 amide bonds. The van der Waals surface area contributed by atoms with Gasteiger partial charge in [-0.2, -0.15) is 0 Å². The molecule has 0 aromatic heterocycles. The van der Waals surface area contributed by atoms with Crippen molar-refractivity contribution in [3.8, 4) is 0 Å². The number of carbonyl (C=O) groups is 1. The van der Waals surface area contributed by atoms with Crippen LogP contribution in [0, 0.1) is 0 Å². The van der Waals surface area contributed by atoms with Crippen LogP contribution in [0.2, 0.25) is 0 Å². The quantitative estimate of drug-likeness (QED) is 0.193. The minimum Gasteiger partial charge on any atom is -0.332 e. The first kappa shape index (κ1) is 23.9. The molecule has 4 aromatic rings. The summed E-state index contributed by atoms with van der Waals surface area (Å²) < 4.78 is 0. The van der Waals surface area contributed by atoms with Gasteiger partial charge in [0.25, 0.3) is 5.91 Å². The number of thiocarbonyl (C=S) groups is 2. The first-order valence-electron chi connectivity index (χ1n) is 10.8. The number of anilines is 5. The van der Waals surface area contributed by atoms with Crippen LogP contribution < -0.4 is 26.6 Å². The molecule has 35 heavy (non-hydrogen) atoms. The lowest BCUT2D eigenvalue weighted by Crippen LogP contribution is -2.19. The molecular weight excluding hydrogens is 474 g/mol. The monoisotopic (exact) mass is 497 g/mol. The number of benzene rings is 4. The van der Waals surface area contributed by atoms with Gasteiger partial charge in [-0.15, -0.1) is 0 Å². The molecule has 0 bridgehead atoms. The lowest BCUT2D eigenvalue weighted by Gasteiger charge is -2.12. The Morgan fingerprint density at radius 1 is 0.429 bits per heavy atom. The average Bonchev–Trinajstić information content (AvgIpc) is 2.87. The van der Waals surface area contributed by atoms with Gasteiger partial charge in [-0.05, 0) is 97.2 Å². The van der Waals surface area contributed by atoms with Crippen LogP contribution in [0.1, 0.15) is 10.4 Å². The highest BCUT2D eigenvalue weighted by Crippen LogP contribution is 2.17. The van der Waals surface area contributed by atoms with Crippen LogP contribution in [0.4, 0.5) is 28.4 Å². The molecule has 0 fully saturated rings. The van der Waals surface area contributed by atoms with E-state index in [2.05, 4.69) is 26.6 Å². The van der Waals surface area contributed by atoms with Crippen LogP contribution in [-0.2, 0) is 0 Å². The first-order valence-corrected chi connectivity index (χ1v) is 11.6. The number of carbonyl (C=O) groups excluding carboxylic acids is 1. The molecule has 8 heteroatoms. The molecule has 0 unspecified atom stereocenters. The Bertz CT molecular complexity index is 1300. The molecule has 0 spiro atoms. The molecule has 0 aliphatic rings. The van der Waals surface area contributed by atoms with Crippen molar-refractivity contribution in [2.45, 2.75) is 0 Å². The minimum atomic E-state index is -0.205. The lowest BCUT2D eigenvalue weighted by atomic mass is 10.2. The van der Waals surface area contributed by atoms with E-state index in [-0.39, 0.29) is 5.91 Å². The van der Waals surface area contributed by atoms with Gasteiger partial charge in [-0.1, -0.05) is 36.4 Å². The SMILES string of the molecule is O=C(Nc1ccc(NC(=S)Nc2ccccc2)cc1)c1ccc(NC(=S)Nc2ccccc2)cc1. The maximum atomic E-state index is 12.6. The molecule has 4 aromatic carbocycles. The Hall–Kier alpha value is -4.27. The Kier molecular flexibility index (Phi) is 8.00. The summed E-state index contributed by atoms with van der Waals surface area (Å²) in [6, 6.07) is 33.8. The highest BCUT2D eigenvalue weighted by molar-refractivity contribution is 7.81. The van der Waals surface area contributed by atoms with Crippen molar-refractivity contribution >= 4 is 69.0 Å². The molecule has 0 radical (unpaired) electrons. The predicted octanol–water partition coefficient (Wildman–Crippen LogP) is 6.56. The van der Waals surface area contributed by atoms with Gasteiger partial charge in [-0.3, -0.25) is 4.79 Å². The largest absolute Gasteiger partial charge is 0.332 e. The van der Waals surface area contributed by atoms with Gasteiger partial charge >= 0.3 is 0 Å². The van der Waals surface area contributed by atoms with Gasteiger partial charge in [0, 0.05) is 34.0 Å². The van der Waals surface area contributed by atoms with Crippen molar-refractivity contribution in [1.82, 2.24) is 0 Å². The van der Waals surface area contributed by atoms with Gasteiger partial charge in [0.2, 0.25) is 0 Å². The van der Waals surface area contributed by atoms with E-state index in [9.17, 15) is 4.79 Å². The van der Waals surface area contributed by atoms with E-state index >= 15 is 0 Å². The molecule has 0 heterocycles. The van der Waals surface area contributed by atoms with Crippen molar-refractivity contribution in [2.75, 3.05) is 26.6 Å². The molecule has 6 nitrogen and oxygen atoms in total. The van der Waals surface area contributed by atoms with Crippen LogP contribution in [0.15, 0.2) is 109 Å². The van der Waals surface area contributed by atoms with Crippen LogP contribution in [0.3, 0.4) is 0 Å². The van der Waals surface area contributed by atoms with Crippen molar-refractivity contribution in [3.63, 3.8) is 0 Å². The van der Waals surface area contributed by atoms with E-state index in [0.29, 0.717) is 21.5 Å². The summed E-state index contributed by atoms with van der Waals surface area (Å²) in [5.74, 6) is -0.205. The van der Waals surface area contributed by atoms with E-state index < -0.39 is 0 Å². The Labute approximate surface area is 214 Å². The molecule has 4 rings (SSSR count). The average molecular weight is 498 g/mol. The van der Waals surface area contributed by atoms with Gasteiger partial charge in [0.05, 0.1) is 0 Å². The second-order valence-electron chi connectivity index (χ2n) is 7.50. The van der Waals surface area contributed by atoms with Crippen molar-refractivity contribution < 1.29 is 4.79 Å². The zero-order valence-electron chi connectivity index (χ0n) is 18.6. The van der Waals surface area contributed by atoms with E-state index in [1.165, 1.54) is 0 Å². The summed E-state index contributed by atoms with van der Waals surface area (Å²) >= 11 is 10.7. The highest BCUT2D eigenvalue weighted by atomic mass is 32.1. The number of rotatable bonds is 6. The summed E-state index contributed by atoms with van der Waals surface area (Å²) in [7, 11) is 0. The normalized spacial score (nSPS) is 10.1. The Morgan fingerprint density at radius 2 is 0.743 bits per heavy atom. The summed E-state index contributed by atoms with van der Waals surface area (Å²) in [5, 5.41) is 16.3. The molecule has 5 N–H and O–H groups in total. The summed E-state index contributed by atoms with van der Waals surface area (Å²) in [6.07, 6.45) is 0. The van der Waals surface area contributed by atoms with Crippen LogP contribution in [0.25, 0.3) is 0 Å². The summed E-state index contributed by atoms with van der Waals surface area (Å²) in [5.41, 5.74) is 4.61. The number of para-hydroxylation sites is 2. The van der Waals surface area contributed by atoms with Crippen molar-refractivity contribution in [3.05, 3.63) is 115 Å². The fraction of sp³-hybridized carbons (Fsp3) is 0. The van der Waals surface area contributed by atoms with Crippen LogP contribution in [0.5, 0.6) is 0 Å². The lowest BCUT2D eigenvalue weighted by molar-refractivity contribution is 0.102. The topological polar surface area (TPSA) is 77.2 Å². The predicted molar refractivity (Wildman–Crippen MR) is 153 cm³/mol. The molecule has 0 saturated heterocycles. The highest BCUT2D eigenvalue weighted by Gasteiger charge is 2.07. The van der Waals surface area contributed by atoms with Crippen LogP contribution >= 0.6 is 24.4 Å². The zero-order chi connectivity index (χ0) is 24.5. The van der Waals surface area contributed by atoms with Crippen molar-refractivity contribution in [2.24, 2.45) is 0 Å². The summed E-state index contributed by atoms with van der Waals surface area (Å²) in [4.78, 5) is 12.6. The fourth-order valence-corrected chi connectivity index (χ4v) is 3.65. The Morgan fingerprint density at radius 3 is 1.14 bits per heavy atom. The maximum absolute atomic E-state index is 12.6. The van der Waals surface area contributed by atoms with E-state index in [0.717, 1.165) is 22.7 Å². The van der Waals surface area contributed by atoms with E-state index in [4.69, 9.17) is 24.4 Å². The molecule has 0 aliphatic carbocycles. The third kappa shape index (κ3) is 7.36. The van der Waals surface area contributed by atoms with Crippen molar-refractivity contribution in [1.29, 1.82) is 0 Å². The second kappa shape index (κ2) is 11.7. The number of hydrogen-bond donors (Lipinski definition) is 5. The number of nitrogens with one attached hydrogen (secondary N) is 5. The number of amides is 1. The summed E-state index contributed by atoms with van der Waals surface area (Å²) in [6.45, 7) is 0. The van der Waals surface area contributed by atoms with Gasteiger partial charge in [0.1, 0.15) is 0 Å². The van der Waals surface area contributed by atoms with Gasteiger partial charge < -0.3 is 26.6 Å². The second-order valence-corrected chi connectivity index (χ2v) is 8.32. The first-order chi connectivity index (χ1) is 17.0. The Balaban J connectivity index is 1.27. The molecule has 0 saturated carbocycles. The molecule has 0 aliphatic heterocycles. The third-order valence-corrected chi connectivity index (χ3v) is 5.28. The molecular formula is C27H23N5OS2. The third-order valence-electron chi connectivity index (χ3n) is 4.87. The van der Waals surface area contributed by atoms with E-state index in [1.54, 1.807) is 12.1 Å². The molecule has 174 valence electrons. The van der Waals surface area contributed by atoms with Gasteiger partial charge in [0.15, 0.2) is 10.2 Å². The smallest absolute Gasteiger partial charge is 0.255 e. The maximum Gasteiger partial charge on any atom is 0.255 e.